The van der Waals surface area contributed by atoms with Crippen LogP contribution in [-0.2, 0) is 4.79 Å². The molecule has 2 heterocycles. The summed E-state index contributed by atoms with van der Waals surface area (Å²) in [6, 6.07) is -0.436. The number of dihydropyridines is 1. The van der Waals surface area contributed by atoms with Gasteiger partial charge in [0.25, 0.3) is 0 Å². The zero-order chi connectivity index (χ0) is 8.55. The Labute approximate surface area is 70.0 Å². The third-order valence-corrected chi connectivity index (χ3v) is 2.15. The van der Waals surface area contributed by atoms with Gasteiger partial charge in [0.1, 0.15) is 6.04 Å². The van der Waals surface area contributed by atoms with Crippen LogP contribution in [-0.4, -0.2) is 23.3 Å². The van der Waals surface area contributed by atoms with E-state index in [1.165, 1.54) is 0 Å². The highest BCUT2D eigenvalue weighted by Gasteiger charge is 2.32. The first-order valence-electron chi connectivity index (χ1n) is 3.88. The number of carbonyl (C=O) groups is 1. The Bertz CT molecular complexity index is 270. The molecule has 4 heteroatoms. The molecular weight excluding hydrogens is 156 g/mol. The molecule has 4 nitrogen and oxygen atoms in total. The SMILES string of the molecule is O=C(O)[C@@H]1CC2=CC=CNC2N1. The normalized spacial score (nSPS) is 32.2. The van der Waals surface area contributed by atoms with Gasteiger partial charge in [-0.15, -0.1) is 0 Å². The molecule has 2 aliphatic heterocycles. The van der Waals surface area contributed by atoms with E-state index >= 15 is 0 Å². The Balaban J connectivity index is 2.12. The van der Waals surface area contributed by atoms with E-state index in [0.717, 1.165) is 5.57 Å². The third kappa shape index (κ3) is 1.10. The van der Waals surface area contributed by atoms with E-state index < -0.39 is 12.0 Å². The molecule has 0 aromatic heterocycles. The van der Waals surface area contributed by atoms with E-state index in [2.05, 4.69) is 10.6 Å². The van der Waals surface area contributed by atoms with Crippen molar-refractivity contribution in [3.63, 3.8) is 0 Å². The van der Waals surface area contributed by atoms with E-state index in [4.69, 9.17) is 5.11 Å². The summed E-state index contributed by atoms with van der Waals surface area (Å²) >= 11 is 0. The first-order chi connectivity index (χ1) is 5.77. The molecule has 2 rings (SSSR count). The van der Waals surface area contributed by atoms with E-state index in [1.807, 2.05) is 18.4 Å². The van der Waals surface area contributed by atoms with Gasteiger partial charge in [-0.2, -0.15) is 0 Å². The van der Waals surface area contributed by atoms with Crippen molar-refractivity contribution in [2.24, 2.45) is 0 Å². The zero-order valence-electron chi connectivity index (χ0n) is 6.45. The summed E-state index contributed by atoms with van der Waals surface area (Å²) in [4.78, 5) is 10.6. The molecular formula is C8H10N2O2. The maximum atomic E-state index is 10.6. The number of hydrogen-bond donors (Lipinski definition) is 3. The second kappa shape index (κ2) is 2.64. The van der Waals surface area contributed by atoms with Gasteiger partial charge >= 0.3 is 5.97 Å². The number of allylic oxidation sites excluding steroid dienone is 2. The summed E-state index contributed by atoms with van der Waals surface area (Å²) in [6.45, 7) is 0. The average molecular weight is 166 g/mol. The van der Waals surface area contributed by atoms with Crippen molar-refractivity contribution in [3.8, 4) is 0 Å². The molecule has 0 bridgehead atoms. The maximum Gasteiger partial charge on any atom is 0.321 e. The van der Waals surface area contributed by atoms with Crippen molar-refractivity contribution in [2.75, 3.05) is 0 Å². The van der Waals surface area contributed by atoms with Gasteiger partial charge in [-0.05, 0) is 24.3 Å². The summed E-state index contributed by atoms with van der Waals surface area (Å²) in [5.41, 5.74) is 1.12. The molecule has 0 saturated carbocycles. The minimum Gasteiger partial charge on any atom is -0.480 e. The predicted molar refractivity (Wildman–Crippen MR) is 43.3 cm³/mol. The van der Waals surface area contributed by atoms with Crippen molar-refractivity contribution in [1.29, 1.82) is 0 Å². The van der Waals surface area contributed by atoms with Gasteiger partial charge in [0.2, 0.25) is 0 Å². The molecule has 0 radical (unpaired) electrons. The summed E-state index contributed by atoms with van der Waals surface area (Å²) < 4.78 is 0. The molecule has 3 N–H and O–H groups in total. The van der Waals surface area contributed by atoms with Crippen LogP contribution in [0.4, 0.5) is 0 Å². The predicted octanol–water partition coefficient (Wildman–Crippen LogP) is -0.198. The number of carboxylic acid groups (broad SMARTS) is 1. The Morgan fingerprint density at radius 1 is 1.67 bits per heavy atom. The molecule has 1 fully saturated rings. The van der Waals surface area contributed by atoms with Gasteiger partial charge in [-0.25, -0.2) is 0 Å². The second-order valence-corrected chi connectivity index (χ2v) is 2.96. The van der Waals surface area contributed by atoms with Crippen LogP contribution in [0.25, 0.3) is 0 Å². The minimum atomic E-state index is -0.785. The highest BCUT2D eigenvalue weighted by Crippen LogP contribution is 2.20. The van der Waals surface area contributed by atoms with E-state index in [9.17, 15) is 4.79 Å². The highest BCUT2D eigenvalue weighted by molar-refractivity contribution is 5.75. The second-order valence-electron chi connectivity index (χ2n) is 2.96. The number of hydrogen-bond acceptors (Lipinski definition) is 3. The fourth-order valence-electron chi connectivity index (χ4n) is 1.52. The van der Waals surface area contributed by atoms with E-state index in [-0.39, 0.29) is 6.17 Å². The number of fused-ring (bicyclic) bond motifs is 1. The van der Waals surface area contributed by atoms with Crippen LogP contribution in [0.15, 0.2) is 23.9 Å². The van der Waals surface area contributed by atoms with Crippen LogP contribution >= 0.6 is 0 Å². The molecule has 0 aromatic carbocycles. The van der Waals surface area contributed by atoms with Crippen molar-refractivity contribution in [3.05, 3.63) is 23.9 Å². The first-order valence-corrected chi connectivity index (χ1v) is 3.88. The maximum absolute atomic E-state index is 10.6. The topological polar surface area (TPSA) is 61.4 Å². The van der Waals surface area contributed by atoms with Crippen molar-refractivity contribution in [1.82, 2.24) is 10.6 Å². The van der Waals surface area contributed by atoms with Crippen molar-refractivity contribution < 1.29 is 9.90 Å². The van der Waals surface area contributed by atoms with Gasteiger partial charge in [-0.1, -0.05) is 6.08 Å². The molecule has 1 unspecified atom stereocenters. The largest absolute Gasteiger partial charge is 0.480 e. The monoisotopic (exact) mass is 166 g/mol. The summed E-state index contributed by atoms with van der Waals surface area (Å²) in [5.74, 6) is -0.785. The van der Waals surface area contributed by atoms with Crippen LogP contribution < -0.4 is 10.6 Å². The van der Waals surface area contributed by atoms with E-state index in [0.29, 0.717) is 6.42 Å². The standard InChI is InChI=1S/C8H10N2O2/c11-8(12)6-4-5-2-1-3-9-7(5)10-6/h1-3,6-7,9-10H,4H2,(H,11,12)/t6-,7?/m0/s1. The fourth-order valence-corrected chi connectivity index (χ4v) is 1.52. The van der Waals surface area contributed by atoms with E-state index in [1.54, 1.807) is 0 Å². The van der Waals surface area contributed by atoms with Crippen LogP contribution in [0.5, 0.6) is 0 Å². The molecule has 0 aromatic rings. The lowest BCUT2D eigenvalue weighted by Gasteiger charge is -2.15. The smallest absolute Gasteiger partial charge is 0.321 e. The zero-order valence-corrected chi connectivity index (χ0v) is 6.45. The van der Waals surface area contributed by atoms with Gasteiger partial charge in [0.15, 0.2) is 0 Å². The molecule has 2 aliphatic rings. The molecule has 2 atom stereocenters. The van der Waals surface area contributed by atoms with Crippen molar-refractivity contribution in [2.45, 2.75) is 18.6 Å². The Kier molecular flexibility index (Phi) is 1.62. The van der Waals surface area contributed by atoms with Crippen LogP contribution in [0.3, 0.4) is 0 Å². The Morgan fingerprint density at radius 3 is 3.17 bits per heavy atom. The van der Waals surface area contributed by atoms with Crippen molar-refractivity contribution >= 4 is 5.97 Å². The fraction of sp³-hybridized carbons (Fsp3) is 0.375. The Hall–Kier alpha value is -1.29. The van der Waals surface area contributed by atoms with Gasteiger partial charge < -0.3 is 10.4 Å². The number of aliphatic carboxylic acids is 1. The number of rotatable bonds is 1. The molecule has 12 heavy (non-hydrogen) atoms. The summed E-state index contributed by atoms with van der Waals surface area (Å²) in [6.07, 6.45) is 6.27. The molecule has 0 amide bonds. The summed E-state index contributed by atoms with van der Waals surface area (Å²) in [7, 11) is 0. The Morgan fingerprint density at radius 2 is 2.50 bits per heavy atom. The lowest BCUT2D eigenvalue weighted by atomic mass is 10.1. The quantitative estimate of drug-likeness (QED) is 0.505. The molecule has 0 aliphatic carbocycles. The third-order valence-electron chi connectivity index (χ3n) is 2.15. The van der Waals surface area contributed by atoms with Gasteiger partial charge in [0.05, 0.1) is 6.17 Å². The average Bonchev–Trinajstić information content (AvgIpc) is 2.46. The van der Waals surface area contributed by atoms with Crippen LogP contribution in [0.1, 0.15) is 6.42 Å². The molecule has 64 valence electrons. The first kappa shape index (κ1) is 7.36. The number of nitrogens with one attached hydrogen (secondary N) is 2. The lowest BCUT2D eigenvalue weighted by Crippen LogP contribution is -2.42. The molecule has 1 saturated heterocycles. The summed E-state index contributed by atoms with van der Waals surface area (Å²) in [5, 5.41) is 14.7. The van der Waals surface area contributed by atoms with Crippen LogP contribution in [0.2, 0.25) is 0 Å². The highest BCUT2D eigenvalue weighted by atomic mass is 16.4. The van der Waals surface area contributed by atoms with Gasteiger partial charge in [-0.3, -0.25) is 10.1 Å². The number of carboxylic acids is 1. The van der Waals surface area contributed by atoms with Gasteiger partial charge in [0, 0.05) is 0 Å². The lowest BCUT2D eigenvalue weighted by molar-refractivity contribution is -0.139. The van der Waals surface area contributed by atoms with Crippen LogP contribution in [0, 0.1) is 0 Å². The molecule has 0 spiro atoms. The minimum absolute atomic E-state index is 0.0242.